The quantitative estimate of drug-likeness (QED) is 0.816. The molecule has 1 aliphatic carbocycles. The Morgan fingerprint density at radius 2 is 1.82 bits per heavy atom. The fourth-order valence-corrected chi connectivity index (χ4v) is 3.23. The fraction of sp³-hybridized carbons (Fsp3) is 0.158. The summed E-state index contributed by atoms with van der Waals surface area (Å²) in [6.07, 6.45) is 4.15. The molecule has 0 spiro atoms. The van der Waals surface area contributed by atoms with Gasteiger partial charge in [-0.1, -0.05) is 18.2 Å². The van der Waals surface area contributed by atoms with E-state index in [1.165, 1.54) is 17.0 Å². The summed E-state index contributed by atoms with van der Waals surface area (Å²) in [5.41, 5.74) is 5.75. The maximum absolute atomic E-state index is 13.5. The van der Waals surface area contributed by atoms with Crippen LogP contribution < -0.4 is 0 Å². The lowest BCUT2D eigenvalue weighted by molar-refractivity contribution is 0.350. The standard InChI is InChI=1S/C19H17FOS/c1-12-17(9-13-3-6-15(22-2)7-4-13)16-8-5-14(20)10-18(16)19(12)11-21/h3-10,21H,11H2,1-2H3/b17-9-. The Morgan fingerprint density at radius 3 is 2.45 bits per heavy atom. The molecule has 3 heteroatoms. The van der Waals surface area contributed by atoms with Gasteiger partial charge in [0.15, 0.2) is 0 Å². The zero-order valence-corrected chi connectivity index (χ0v) is 13.4. The highest BCUT2D eigenvalue weighted by molar-refractivity contribution is 7.98. The molecule has 112 valence electrons. The molecule has 1 nitrogen and oxygen atoms in total. The van der Waals surface area contributed by atoms with Crippen LogP contribution in [0.15, 0.2) is 52.9 Å². The summed E-state index contributed by atoms with van der Waals surface area (Å²) in [4.78, 5) is 1.22. The van der Waals surface area contributed by atoms with E-state index in [4.69, 9.17) is 0 Å². The Hall–Kier alpha value is -1.84. The number of benzene rings is 2. The maximum Gasteiger partial charge on any atom is 0.123 e. The normalized spacial score (nSPS) is 15.5. The number of allylic oxidation sites excluding steroid dienone is 2. The SMILES string of the molecule is CSc1ccc(/C=C2/C(C)=C(CO)c3cc(F)ccc32)cc1. The first-order valence-corrected chi connectivity index (χ1v) is 8.33. The Labute approximate surface area is 134 Å². The van der Waals surface area contributed by atoms with Gasteiger partial charge in [-0.3, -0.25) is 0 Å². The van der Waals surface area contributed by atoms with Crippen molar-refractivity contribution in [3.8, 4) is 0 Å². The summed E-state index contributed by atoms with van der Waals surface area (Å²) in [6.45, 7) is 1.90. The zero-order valence-electron chi connectivity index (χ0n) is 12.6. The summed E-state index contributed by atoms with van der Waals surface area (Å²) in [7, 11) is 0. The third-order valence-electron chi connectivity index (χ3n) is 4.04. The number of aliphatic hydroxyl groups excluding tert-OH is 1. The minimum atomic E-state index is -0.275. The van der Waals surface area contributed by atoms with Crippen LogP contribution in [0.1, 0.15) is 23.6 Å². The molecule has 0 radical (unpaired) electrons. The van der Waals surface area contributed by atoms with Gasteiger partial charge in [0.05, 0.1) is 6.61 Å². The van der Waals surface area contributed by atoms with E-state index in [1.54, 1.807) is 17.8 Å². The first kappa shape index (κ1) is 15.1. The molecule has 0 aromatic heterocycles. The Bertz CT molecular complexity index is 773. The van der Waals surface area contributed by atoms with Gasteiger partial charge in [-0.15, -0.1) is 11.8 Å². The topological polar surface area (TPSA) is 20.2 Å². The van der Waals surface area contributed by atoms with Crippen LogP contribution in [0.4, 0.5) is 4.39 Å². The van der Waals surface area contributed by atoms with E-state index < -0.39 is 0 Å². The van der Waals surface area contributed by atoms with E-state index in [2.05, 4.69) is 36.6 Å². The molecule has 0 fully saturated rings. The van der Waals surface area contributed by atoms with Crippen molar-refractivity contribution < 1.29 is 9.50 Å². The Morgan fingerprint density at radius 1 is 1.09 bits per heavy atom. The first-order valence-electron chi connectivity index (χ1n) is 7.11. The average Bonchev–Trinajstić information content (AvgIpc) is 2.79. The number of fused-ring (bicyclic) bond motifs is 1. The van der Waals surface area contributed by atoms with E-state index >= 15 is 0 Å². The average molecular weight is 312 g/mol. The highest BCUT2D eigenvalue weighted by Crippen LogP contribution is 2.42. The van der Waals surface area contributed by atoms with E-state index in [0.717, 1.165) is 33.4 Å². The molecule has 1 aliphatic rings. The van der Waals surface area contributed by atoms with Crippen LogP contribution in [0, 0.1) is 5.82 Å². The largest absolute Gasteiger partial charge is 0.392 e. The van der Waals surface area contributed by atoms with Crippen molar-refractivity contribution in [1.82, 2.24) is 0 Å². The van der Waals surface area contributed by atoms with Gasteiger partial charge in [0, 0.05) is 4.90 Å². The number of rotatable bonds is 3. The number of halogens is 1. The molecule has 0 atom stereocenters. The van der Waals surface area contributed by atoms with Crippen LogP contribution in [-0.2, 0) is 0 Å². The molecule has 0 saturated heterocycles. The molecule has 1 N–H and O–H groups in total. The predicted molar refractivity (Wildman–Crippen MR) is 92.2 cm³/mol. The third kappa shape index (κ3) is 2.62. The van der Waals surface area contributed by atoms with Crippen LogP contribution in [0.3, 0.4) is 0 Å². The van der Waals surface area contributed by atoms with Gasteiger partial charge in [0.1, 0.15) is 5.82 Å². The fourth-order valence-electron chi connectivity index (χ4n) is 2.82. The molecule has 3 rings (SSSR count). The summed E-state index contributed by atoms with van der Waals surface area (Å²) in [5, 5.41) is 9.62. The summed E-state index contributed by atoms with van der Waals surface area (Å²) in [6, 6.07) is 13.1. The van der Waals surface area contributed by atoms with Gasteiger partial charge in [-0.25, -0.2) is 4.39 Å². The Kier molecular flexibility index (Phi) is 4.19. The van der Waals surface area contributed by atoms with E-state index in [0.29, 0.717) is 0 Å². The van der Waals surface area contributed by atoms with Crippen LogP contribution in [0.25, 0.3) is 17.2 Å². The second-order valence-electron chi connectivity index (χ2n) is 5.28. The molecule has 0 unspecified atom stereocenters. The summed E-state index contributed by atoms with van der Waals surface area (Å²) in [5.74, 6) is -0.275. The lowest BCUT2D eigenvalue weighted by Gasteiger charge is -2.05. The van der Waals surface area contributed by atoms with Crippen molar-refractivity contribution in [2.45, 2.75) is 11.8 Å². The Balaban J connectivity index is 2.10. The molecular weight excluding hydrogens is 295 g/mol. The minimum absolute atomic E-state index is 0.0783. The van der Waals surface area contributed by atoms with Gasteiger partial charge in [-0.2, -0.15) is 0 Å². The summed E-state index contributed by atoms with van der Waals surface area (Å²) >= 11 is 1.71. The highest BCUT2D eigenvalue weighted by atomic mass is 32.2. The number of aliphatic hydroxyl groups is 1. The van der Waals surface area contributed by atoms with Crippen LogP contribution >= 0.6 is 11.8 Å². The number of thioether (sulfide) groups is 1. The van der Waals surface area contributed by atoms with Crippen molar-refractivity contribution in [1.29, 1.82) is 0 Å². The van der Waals surface area contributed by atoms with Crippen LogP contribution in [0.2, 0.25) is 0 Å². The maximum atomic E-state index is 13.5. The lowest BCUT2D eigenvalue weighted by atomic mass is 10.0. The van der Waals surface area contributed by atoms with Crippen molar-refractivity contribution in [3.05, 3.63) is 70.5 Å². The van der Waals surface area contributed by atoms with Crippen molar-refractivity contribution in [2.24, 2.45) is 0 Å². The molecule has 0 aliphatic heterocycles. The molecule has 0 amide bonds. The van der Waals surface area contributed by atoms with Crippen molar-refractivity contribution in [3.63, 3.8) is 0 Å². The minimum Gasteiger partial charge on any atom is -0.392 e. The van der Waals surface area contributed by atoms with Crippen molar-refractivity contribution in [2.75, 3.05) is 12.9 Å². The molecule has 2 aromatic carbocycles. The lowest BCUT2D eigenvalue weighted by Crippen LogP contribution is -1.90. The summed E-state index contributed by atoms with van der Waals surface area (Å²) < 4.78 is 13.5. The molecule has 2 aromatic rings. The van der Waals surface area contributed by atoms with Gasteiger partial charge in [0.25, 0.3) is 0 Å². The van der Waals surface area contributed by atoms with Gasteiger partial charge < -0.3 is 5.11 Å². The highest BCUT2D eigenvalue weighted by Gasteiger charge is 2.23. The van der Waals surface area contributed by atoms with Crippen LogP contribution in [0.5, 0.6) is 0 Å². The second-order valence-corrected chi connectivity index (χ2v) is 6.16. The molecule has 22 heavy (non-hydrogen) atoms. The number of hydrogen-bond donors (Lipinski definition) is 1. The molecule has 0 bridgehead atoms. The molecule has 0 saturated carbocycles. The zero-order chi connectivity index (χ0) is 15.7. The van der Waals surface area contributed by atoms with Gasteiger partial charge in [0.2, 0.25) is 0 Å². The molecular formula is C19H17FOS. The third-order valence-corrected chi connectivity index (χ3v) is 4.78. The van der Waals surface area contributed by atoms with Gasteiger partial charge >= 0.3 is 0 Å². The van der Waals surface area contributed by atoms with Gasteiger partial charge in [-0.05, 0) is 76.9 Å². The van der Waals surface area contributed by atoms with E-state index in [1.807, 2.05) is 6.92 Å². The smallest absolute Gasteiger partial charge is 0.123 e. The van der Waals surface area contributed by atoms with E-state index in [-0.39, 0.29) is 12.4 Å². The second kappa shape index (κ2) is 6.11. The predicted octanol–water partition coefficient (Wildman–Crippen LogP) is 4.87. The molecule has 0 heterocycles. The van der Waals surface area contributed by atoms with Crippen LogP contribution in [-0.4, -0.2) is 18.0 Å². The van der Waals surface area contributed by atoms with Crippen molar-refractivity contribution >= 4 is 29.0 Å². The number of hydrogen-bond acceptors (Lipinski definition) is 2. The van der Waals surface area contributed by atoms with E-state index in [9.17, 15) is 9.50 Å². The first-order chi connectivity index (χ1) is 10.6. The monoisotopic (exact) mass is 312 g/mol.